The van der Waals surface area contributed by atoms with Crippen LogP contribution < -0.4 is 10.6 Å². The highest BCUT2D eigenvalue weighted by molar-refractivity contribution is 5.03. The van der Waals surface area contributed by atoms with Crippen LogP contribution in [-0.2, 0) is 0 Å². The Morgan fingerprint density at radius 2 is 1.50 bits per heavy atom. The van der Waals surface area contributed by atoms with Crippen LogP contribution in [0.4, 0.5) is 8.78 Å². The van der Waals surface area contributed by atoms with Crippen molar-refractivity contribution in [2.45, 2.75) is 64.2 Å². The van der Waals surface area contributed by atoms with Gasteiger partial charge in [-0.15, -0.1) is 0 Å². The summed E-state index contributed by atoms with van der Waals surface area (Å²) in [6.45, 7) is 6.40. The van der Waals surface area contributed by atoms with Crippen molar-refractivity contribution in [2.24, 2.45) is 11.8 Å². The van der Waals surface area contributed by atoms with E-state index in [1.165, 1.54) is 6.42 Å². The first kappa shape index (κ1) is 12.2. The maximum Gasteiger partial charge on any atom is 0.242 e. The second kappa shape index (κ2) is 4.57. The van der Waals surface area contributed by atoms with Crippen LogP contribution in [0.3, 0.4) is 0 Å². The average molecular weight is 232 g/mol. The van der Waals surface area contributed by atoms with E-state index in [1.54, 1.807) is 0 Å². The van der Waals surface area contributed by atoms with Gasteiger partial charge < -0.3 is 10.6 Å². The van der Waals surface area contributed by atoms with E-state index in [2.05, 4.69) is 31.4 Å². The predicted octanol–water partition coefficient (Wildman–Crippen LogP) is 2.00. The summed E-state index contributed by atoms with van der Waals surface area (Å²) >= 11 is 0. The van der Waals surface area contributed by atoms with Crippen LogP contribution in [0.25, 0.3) is 0 Å². The van der Waals surface area contributed by atoms with Gasteiger partial charge in [0, 0.05) is 30.1 Å². The molecule has 2 fully saturated rings. The number of alkyl halides is 2. The Labute approximate surface area is 96.2 Å². The number of halogens is 2. The summed E-state index contributed by atoms with van der Waals surface area (Å²) in [6, 6.07) is 1.53. The first-order valence-electron chi connectivity index (χ1n) is 6.29. The molecule has 2 aliphatic rings. The van der Waals surface area contributed by atoms with Gasteiger partial charge in [-0.25, -0.2) is 8.78 Å². The lowest BCUT2D eigenvalue weighted by Crippen LogP contribution is -2.36. The zero-order valence-corrected chi connectivity index (χ0v) is 10.2. The van der Waals surface area contributed by atoms with Gasteiger partial charge in [0.2, 0.25) is 6.43 Å². The zero-order chi connectivity index (χ0) is 11.9. The van der Waals surface area contributed by atoms with Crippen molar-refractivity contribution in [1.29, 1.82) is 0 Å². The standard InChI is InChI=1S/C12H22F2N2/c1-6(2)15-10-4-8(10)7(3)16-11-5-9(11)12(13)14/h6-12,15-16H,4-5H2,1-3H3. The highest BCUT2D eigenvalue weighted by atomic mass is 19.3. The van der Waals surface area contributed by atoms with Crippen molar-refractivity contribution in [1.82, 2.24) is 10.6 Å². The van der Waals surface area contributed by atoms with Gasteiger partial charge >= 0.3 is 0 Å². The van der Waals surface area contributed by atoms with E-state index in [0.717, 1.165) is 0 Å². The normalized spacial score (nSPS) is 39.2. The monoisotopic (exact) mass is 232 g/mol. The molecule has 2 rings (SSSR count). The zero-order valence-electron chi connectivity index (χ0n) is 10.2. The number of hydrogen-bond donors (Lipinski definition) is 2. The van der Waals surface area contributed by atoms with Crippen molar-refractivity contribution in [3.05, 3.63) is 0 Å². The molecule has 0 spiro atoms. The van der Waals surface area contributed by atoms with Crippen LogP contribution in [0.15, 0.2) is 0 Å². The molecule has 5 unspecified atom stereocenters. The van der Waals surface area contributed by atoms with Crippen molar-refractivity contribution in [3.63, 3.8) is 0 Å². The molecular formula is C12H22F2N2. The van der Waals surface area contributed by atoms with Gasteiger partial charge in [-0.3, -0.25) is 0 Å². The third-order valence-corrected chi connectivity index (χ3v) is 3.67. The quantitative estimate of drug-likeness (QED) is 0.732. The molecule has 2 aliphatic carbocycles. The molecule has 0 aromatic heterocycles. The van der Waals surface area contributed by atoms with Crippen LogP contribution in [0.5, 0.6) is 0 Å². The Balaban J connectivity index is 1.65. The first-order valence-corrected chi connectivity index (χ1v) is 6.29. The molecular weight excluding hydrogens is 210 g/mol. The highest BCUT2D eigenvalue weighted by Crippen LogP contribution is 2.39. The Morgan fingerprint density at radius 1 is 0.938 bits per heavy atom. The van der Waals surface area contributed by atoms with Crippen LogP contribution >= 0.6 is 0 Å². The van der Waals surface area contributed by atoms with Gasteiger partial charge in [0.05, 0.1) is 0 Å². The lowest BCUT2D eigenvalue weighted by molar-refractivity contribution is 0.117. The second-order valence-corrected chi connectivity index (χ2v) is 5.62. The Bertz CT molecular complexity index is 245. The van der Waals surface area contributed by atoms with Crippen molar-refractivity contribution in [2.75, 3.05) is 0 Å². The summed E-state index contributed by atoms with van der Waals surface area (Å²) in [4.78, 5) is 0. The molecule has 0 saturated heterocycles. The van der Waals surface area contributed by atoms with E-state index in [0.29, 0.717) is 30.5 Å². The Kier molecular flexibility index (Phi) is 3.50. The first-order chi connectivity index (χ1) is 7.49. The largest absolute Gasteiger partial charge is 0.311 e. The summed E-state index contributed by atoms with van der Waals surface area (Å²) in [5.41, 5.74) is 0. The SMILES string of the molecule is CC(C)NC1CC1C(C)NC1CC1C(F)F. The molecule has 4 heteroatoms. The fourth-order valence-electron chi connectivity index (χ4n) is 2.53. The predicted molar refractivity (Wildman–Crippen MR) is 60.7 cm³/mol. The summed E-state index contributed by atoms with van der Waals surface area (Å²) in [7, 11) is 0. The molecule has 5 atom stereocenters. The van der Waals surface area contributed by atoms with Gasteiger partial charge in [0.1, 0.15) is 0 Å². The average Bonchev–Trinajstić information content (AvgIpc) is 2.98. The maximum atomic E-state index is 12.3. The lowest BCUT2D eigenvalue weighted by atomic mass is 10.2. The molecule has 0 radical (unpaired) electrons. The van der Waals surface area contributed by atoms with E-state index in [-0.39, 0.29) is 6.04 Å². The van der Waals surface area contributed by atoms with Crippen LogP contribution in [0.1, 0.15) is 33.6 Å². The van der Waals surface area contributed by atoms with Crippen LogP contribution in [0.2, 0.25) is 0 Å². The molecule has 94 valence electrons. The molecule has 0 heterocycles. The van der Waals surface area contributed by atoms with Crippen LogP contribution in [-0.4, -0.2) is 30.6 Å². The summed E-state index contributed by atoms with van der Waals surface area (Å²) in [6.07, 6.45) is -0.316. The molecule has 0 amide bonds. The minimum atomic E-state index is -2.14. The van der Waals surface area contributed by atoms with E-state index >= 15 is 0 Å². The third-order valence-electron chi connectivity index (χ3n) is 3.67. The van der Waals surface area contributed by atoms with Gasteiger partial charge in [-0.2, -0.15) is 0 Å². The smallest absolute Gasteiger partial charge is 0.242 e. The Morgan fingerprint density at radius 3 is 2.00 bits per heavy atom. The molecule has 2 nitrogen and oxygen atoms in total. The van der Waals surface area contributed by atoms with E-state index in [1.807, 2.05) is 0 Å². The fourth-order valence-corrected chi connectivity index (χ4v) is 2.53. The van der Waals surface area contributed by atoms with Gasteiger partial charge in [-0.1, -0.05) is 13.8 Å². The second-order valence-electron chi connectivity index (χ2n) is 5.62. The van der Waals surface area contributed by atoms with E-state index in [4.69, 9.17) is 0 Å². The topological polar surface area (TPSA) is 24.1 Å². The molecule has 0 bridgehead atoms. The molecule has 0 aliphatic heterocycles. The fraction of sp³-hybridized carbons (Fsp3) is 1.00. The van der Waals surface area contributed by atoms with Gasteiger partial charge in [0.25, 0.3) is 0 Å². The summed E-state index contributed by atoms with van der Waals surface area (Å²) in [5.74, 6) is 0.235. The lowest BCUT2D eigenvalue weighted by Gasteiger charge is -2.15. The van der Waals surface area contributed by atoms with Crippen LogP contribution in [0, 0.1) is 11.8 Å². The minimum absolute atomic E-state index is 0.0651. The Hall–Kier alpha value is -0.220. The molecule has 16 heavy (non-hydrogen) atoms. The number of hydrogen-bond acceptors (Lipinski definition) is 2. The molecule has 2 N–H and O–H groups in total. The highest BCUT2D eigenvalue weighted by Gasteiger charge is 2.48. The number of nitrogens with one attached hydrogen (secondary N) is 2. The number of rotatable bonds is 6. The van der Waals surface area contributed by atoms with E-state index < -0.39 is 12.3 Å². The molecule has 0 aromatic carbocycles. The van der Waals surface area contributed by atoms with Crippen molar-refractivity contribution < 1.29 is 8.78 Å². The maximum absolute atomic E-state index is 12.3. The molecule has 2 saturated carbocycles. The molecule has 0 aromatic rings. The summed E-state index contributed by atoms with van der Waals surface area (Å²) < 4.78 is 24.7. The van der Waals surface area contributed by atoms with Gasteiger partial charge in [0.15, 0.2) is 0 Å². The minimum Gasteiger partial charge on any atom is -0.311 e. The van der Waals surface area contributed by atoms with E-state index in [9.17, 15) is 8.78 Å². The van der Waals surface area contributed by atoms with Gasteiger partial charge in [-0.05, 0) is 25.7 Å². The van der Waals surface area contributed by atoms with Crippen molar-refractivity contribution in [3.8, 4) is 0 Å². The summed E-state index contributed by atoms with van der Waals surface area (Å²) in [5, 5.41) is 6.82. The van der Waals surface area contributed by atoms with Crippen molar-refractivity contribution >= 4 is 0 Å². The third kappa shape index (κ3) is 2.92.